The maximum absolute atomic E-state index is 9.94. The molecule has 35 heteroatoms. The van der Waals surface area contributed by atoms with Crippen LogP contribution in [0.3, 0.4) is 0 Å². The molecule has 578 valence electrons. The third-order valence-corrected chi connectivity index (χ3v) is 23.7. The molecule has 2 atom stereocenters. The standard InChI is InChI=1S/C20H24N8O2.C20H23N7O.C19H20N8O.C19H19N7O/c1-20(2)18-24-14-16(27-7-12-9-29-10-13(12)8-27)25-15(11-5-22-19(21)23-6-11)26-17(14)28(18)3-4-30-20;1-20(2)18-25-16-15(26(18)3-4-28-20)7-14(12-8-22-19(21)23-9-12)24-17(16)27-10-11-5-13(27)6-11;1-18(2)16-24-12-13(19(10-20)4-3-5-19)25-14(11-8-22-17(21)23-9-11)26-15(12)27(16)6-7-28-18;1-19(2)18-24-14-13(10-3-4-10)23-16(25-17(14)26(18)5-6-27-19)12-7-11(8-20)15(21)22-9-12/h5-6,12-13H,3-4,7-10H2,1-2H3,(H2,21,22,23);7-9,11,13H,3-6,10H2,1-2H3,(H2,21,22,23);8-9H,3-7H2,1-2H3,(H2,21,22,23);7,9-10H,3-6H2,1-2H3,(H2,21,22). The van der Waals surface area contributed by atoms with Crippen LogP contribution in [0.2, 0.25) is 0 Å². The van der Waals surface area contributed by atoms with Crippen LogP contribution in [-0.4, -0.2) is 173 Å². The smallest absolute Gasteiger partial charge is 0.219 e. The number of ether oxygens (including phenoxy) is 5. The monoisotopic (exact) mass is 1520 g/mol. The van der Waals surface area contributed by atoms with E-state index in [9.17, 15) is 10.5 Å². The molecule has 4 saturated heterocycles. The van der Waals surface area contributed by atoms with Gasteiger partial charge in [0.1, 0.15) is 79.6 Å². The molecule has 0 spiro atoms. The number of anilines is 6. The van der Waals surface area contributed by atoms with Gasteiger partial charge in [0.05, 0.1) is 85.0 Å². The van der Waals surface area contributed by atoms with Crippen molar-refractivity contribution < 1.29 is 23.7 Å². The van der Waals surface area contributed by atoms with Gasteiger partial charge in [-0.15, -0.1) is 0 Å². The first-order chi connectivity index (χ1) is 54.4. The van der Waals surface area contributed by atoms with Gasteiger partial charge in [-0.1, -0.05) is 0 Å². The highest BCUT2D eigenvalue weighted by Crippen LogP contribution is 2.49. The lowest BCUT2D eigenvalue weighted by Crippen LogP contribution is -2.34. The highest BCUT2D eigenvalue weighted by atomic mass is 16.5. The highest BCUT2D eigenvalue weighted by molar-refractivity contribution is 5.92. The van der Waals surface area contributed by atoms with Crippen molar-refractivity contribution in [3.05, 3.63) is 95.8 Å². The van der Waals surface area contributed by atoms with E-state index in [4.69, 9.17) is 101 Å². The second kappa shape index (κ2) is 26.7. The number of aromatic nitrogens is 22. The summed E-state index contributed by atoms with van der Waals surface area (Å²) in [5.41, 5.74) is 32.8. The van der Waals surface area contributed by atoms with Crippen molar-refractivity contribution in [3.63, 3.8) is 0 Å². The Morgan fingerprint density at radius 3 is 1.44 bits per heavy atom. The van der Waals surface area contributed by atoms with Crippen molar-refractivity contribution in [1.29, 1.82) is 10.5 Å². The van der Waals surface area contributed by atoms with E-state index in [0.29, 0.717) is 115 Å². The first kappa shape index (κ1) is 71.5. The van der Waals surface area contributed by atoms with Gasteiger partial charge in [-0.05, 0) is 118 Å². The fourth-order valence-electron chi connectivity index (χ4n) is 17.2. The van der Waals surface area contributed by atoms with Crippen molar-refractivity contribution in [2.75, 3.05) is 92.0 Å². The number of hydrogen-bond donors (Lipinski definition) is 4. The van der Waals surface area contributed by atoms with Crippen LogP contribution in [0.1, 0.15) is 147 Å². The molecule has 113 heavy (non-hydrogen) atoms. The number of pyridine rings is 2. The largest absolute Gasteiger partial charge is 0.383 e. The summed E-state index contributed by atoms with van der Waals surface area (Å²) in [6.45, 7) is 26.2. The lowest BCUT2D eigenvalue weighted by molar-refractivity contribution is -0.0532. The highest BCUT2D eigenvalue weighted by Gasteiger charge is 2.48. The maximum atomic E-state index is 9.94. The molecule has 0 amide bonds. The Balaban J connectivity index is 0.000000101. The molecule has 0 aromatic carbocycles. The predicted octanol–water partition coefficient (Wildman–Crippen LogP) is 8.11. The van der Waals surface area contributed by atoms with Gasteiger partial charge in [-0.2, -0.15) is 10.5 Å². The summed E-state index contributed by atoms with van der Waals surface area (Å²) in [6.07, 6.45) is 18.9. The molecule has 20 heterocycles. The Hall–Kier alpha value is -11.8. The topological polar surface area (TPSA) is 456 Å². The molecule has 12 aromatic rings. The van der Waals surface area contributed by atoms with Crippen molar-refractivity contribution >= 4 is 79.8 Å². The molecule has 3 aliphatic carbocycles. The van der Waals surface area contributed by atoms with Gasteiger partial charge in [-0.3, -0.25) is 0 Å². The quantitative estimate of drug-likeness (QED) is 0.111. The number of nitrogen functional groups attached to an aromatic ring is 4. The van der Waals surface area contributed by atoms with E-state index in [-0.39, 0.29) is 23.7 Å². The molecule has 23 rings (SSSR count). The second-order valence-electron chi connectivity index (χ2n) is 32.9. The normalized spacial score (nSPS) is 22.0. The number of fused-ring (bicyclic) bond motifs is 14. The molecule has 2 bridgehead atoms. The van der Waals surface area contributed by atoms with Gasteiger partial charge in [-0.25, -0.2) is 89.7 Å². The molecule has 8 aliphatic heterocycles. The summed E-state index contributed by atoms with van der Waals surface area (Å²) < 4.78 is 38.1. The molecule has 35 nitrogen and oxygen atoms in total. The van der Waals surface area contributed by atoms with E-state index in [1.54, 1.807) is 49.4 Å². The number of nitriles is 2. The molecule has 8 N–H and O–H groups in total. The molecule has 3 saturated carbocycles. The van der Waals surface area contributed by atoms with Crippen molar-refractivity contribution in [3.8, 4) is 57.6 Å². The van der Waals surface area contributed by atoms with Crippen LogP contribution in [0.15, 0.2) is 55.5 Å². The van der Waals surface area contributed by atoms with Gasteiger partial charge < -0.3 is 74.7 Å². The van der Waals surface area contributed by atoms with Crippen LogP contribution >= 0.6 is 0 Å². The van der Waals surface area contributed by atoms with Gasteiger partial charge in [0, 0.05) is 124 Å². The fraction of sp³-hybridized carbons (Fsp3) is 0.487. The zero-order chi connectivity index (χ0) is 77.8. The van der Waals surface area contributed by atoms with E-state index in [1.165, 1.54) is 12.8 Å². The summed E-state index contributed by atoms with van der Waals surface area (Å²) in [4.78, 5) is 87.4. The number of imidazole rings is 4. The van der Waals surface area contributed by atoms with E-state index in [2.05, 4.69) is 95.0 Å². The third kappa shape index (κ3) is 12.4. The lowest BCUT2D eigenvalue weighted by atomic mass is 9.67. The minimum Gasteiger partial charge on any atom is -0.383 e. The molecular formula is C78H86N30O5. The summed E-state index contributed by atoms with van der Waals surface area (Å²) in [5, 5.41) is 19.2. The first-order valence-electron chi connectivity index (χ1n) is 38.6. The Bertz CT molecular complexity index is 5870. The van der Waals surface area contributed by atoms with E-state index >= 15 is 0 Å². The van der Waals surface area contributed by atoms with E-state index in [1.807, 2.05) is 41.5 Å². The number of rotatable bonds is 8. The number of hydrogen-bond acceptors (Lipinski definition) is 31. The van der Waals surface area contributed by atoms with Crippen LogP contribution in [-0.2, 0) is 77.7 Å². The molecule has 12 aromatic heterocycles. The Morgan fingerprint density at radius 2 is 0.938 bits per heavy atom. The zero-order valence-electron chi connectivity index (χ0n) is 64.2. The fourth-order valence-corrected chi connectivity index (χ4v) is 17.2. The molecule has 11 aliphatic rings. The maximum Gasteiger partial charge on any atom is 0.219 e. The summed E-state index contributed by atoms with van der Waals surface area (Å²) >= 11 is 0. The van der Waals surface area contributed by atoms with Crippen molar-refractivity contribution in [1.82, 2.24) is 108 Å². The van der Waals surface area contributed by atoms with Gasteiger partial charge in [0.25, 0.3) is 0 Å². The van der Waals surface area contributed by atoms with Crippen LogP contribution in [0.4, 0.5) is 35.3 Å². The lowest BCUT2D eigenvalue weighted by Gasteiger charge is -2.34. The Morgan fingerprint density at radius 1 is 0.469 bits per heavy atom. The van der Waals surface area contributed by atoms with Crippen LogP contribution in [0.25, 0.3) is 89.9 Å². The van der Waals surface area contributed by atoms with Crippen molar-refractivity contribution in [2.24, 2.45) is 17.8 Å². The minimum absolute atomic E-state index is 0.193. The summed E-state index contributed by atoms with van der Waals surface area (Å²) in [6, 6.07) is 8.94. The van der Waals surface area contributed by atoms with E-state index < -0.39 is 27.8 Å². The van der Waals surface area contributed by atoms with Crippen LogP contribution in [0.5, 0.6) is 0 Å². The molecule has 2 unspecified atom stereocenters. The summed E-state index contributed by atoms with van der Waals surface area (Å²) in [7, 11) is 0. The van der Waals surface area contributed by atoms with Crippen LogP contribution in [0, 0.1) is 40.4 Å². The Labute approximate surface area is 648 Å². The predicted molar refractivity (Wildman–Crippen MR) is 415 cm³/mol. The number of nitrogens with zero attached hydrogens (tertiary/aromatic N) is 26. The van der Waals surface area contributed by atoms with Gasteiger partial charge >= 0.3 is 0 Å². The minimum atomic E-state index is -0.625. The molecule has 0 radical (unpaired) electrons. The van der Waals surface area contributed by atoms with Crippen LogP contribution < -0.4 is 32.7 Å². The first-order valence-corrected chi connectivity index (χ1v) is 38.6. The average molecular weight is 1520 g/mol. The van der Waals surface area contributed by atoms with Gasteiger partial charge in [0.2, 0.25) is 17.8 Å². The SMILES string of the molecule is CC1(C)OCCn2c1nc1c(C3(C#N)CCC3)nc(-c3cnc(N)nc3)nc12.CC1(C)OCCn2c1nc1c(C3CC3)nc(-c3cnc(N)c(C#N)c3)nc12.CC1(C)OCCn2c1nc1c(N3CC4CC3C4)nc(-c3cnc(N)nc3)cc12.CC1(C)OCCn2c1nc1c(N3CC4COCC4C3)nc(-c3cnc(N)nc3)nc12. The summed E-state index contributed by atoms with van der Waals surface area (Å²) in [5.74, 6) is 10.2. The molecule has 7 fully saturated rings. The second-order valence-corrected chi connectivity index (χ2v) is 32.9. The zero-order valence-corrected chi connectivity index (χ0v) is 64.2. The molecular weight excluding hydrogens is 1440 g/mol. The average Bonchev–Trinajstić information content (AvgIpc) is 1.63. The Kier molecular flexibility index (Phi) is 16.9. The number of nitrogens with two attached hydrogens (primary N) is 4. The van der Waals surface area contributed by atoms with E-state index in [0.717, 1.165) is 174 Å². The third-order valence-electron chi connectivity index (χ3n) is 23.7. The van der Waals surface area contributed by atoms with Gasteiger partial charge in [0.15, 0.2) is 51.6 Å². The van der Waals surface area contributed by atoms with Crippen molar-refractivity contribution in [2.45, 2.75) is 166 Å².